The van der Waals surface area contributed by atoms with Crippen molar-refractivity contribution in [2.24, 2.45) is 0 Å². The van der Waals surface area contributed by atoms with Crippen LogP contribution in [-0.2, 0) is 21.1 Å². The van der Waals surface area contributed by atoms with Gasteiger partial charge < -0.3 is 5.32 Å². The van der Waals surface area contributed by atoms with Crippen LogP contribution in [0.4, 0.5) is 5.69 Å². The molecule has 0 spiro atoms. The lowest BCUT2D eigenvalue weighted by molar-refractivity contribution is -0.115. The minimum Gasteiger partial charge on any atom is -0.325 e. The lowest BCUT2D eigenvalue weighted by atomic mass is 10.3. The third-order valence-corrected chi connectivity index (χ3v) is 4.51. The number of sulfone groups is 1. The first-order valence-corrected chi connectivity index (χ1v) is 8.35. The number of carbonyl (C=O) groups excluding carboxylic acids is 1. The Balaban J connectivity index is 2.18. The number of carbonyl (C=O) groups is 1. The Hall–Kier alpha value is -1.66. The molecule has 0 unspecified atom stereocenters. The number of rotatable bonds is 4. The summed E-state index contributed by atoms with van der Waals surface area (Å²) in [7, 11) is -3.35. The Morgan fingerprint density at radius 3 is 2.58 bits per heavy atom. The Morgan fingerprint density at radius 2 is 1.95 bits per heavy atom. The van der Waals surface area contributed by atoms with Gasteiger partial charge >= 0.3 is 0 Å². The Bertz CT molecular complexity index is 676. The molecule has 100 valence electrons. The normalized spacial score (nSPS) is 11.2. The van der Waals surface area contributed by atoms with E-state index in [2.05, 4.69) is 5.32 Å². The molecule has 2 aromatic rings. The molecule has 1 N–H and O–H groups in total. The average Bonchev–Trinajstić information content (AvgIpc) is 2.81. The van der Waals surface area contributed by atoms with E-state index >= 15 is 0 Å². The van der Waals surface area contributed by atoms with Crippen molar-refractivity contribution in [1.29, 1.82) is 0 Å². The first-order chi connectivity index (χ1) is 8.97. The van der Waals surface area contributed by atoms with E-state index in [4.69, 9.17) is 0 Å². The van der Waals surface area contributed by atoms with E-state index < -0.39 is 9.84 Å². The molecule has 0 saturated heterocycles. The number of anilines is 1. The molecule has 0 aliphatic heterocycles. The van der Waals surface area contributed by atoms with E-state index in [1.54, 1.807) is 18.2 Å². The van der Waals surface area contributed by atoms with Crippen LogP contribution in [0.1, 0.15) is 4.88 Å². The fourth-order valence-electron chi connectivity index (χ4n) is 1.66. The fraction of sp³-hybridized carbons (Fsp3) is 0.154. The van der Waals surface area contributed by atoms with Crippen LogP contribution in [0.3, 0.4) is 0 Å². The molecular formula is C13H13NO3S2. The highest BCUT2D eigenvalue weighted by Gasteiger charge is 2.14. The van der Waals surface area contributed by atoms with Crippen molar-refractivity contribution in [3.8, 4) is 0 Å². The zero-order valence-electron chi connectivity index (χ0n) is 10.3. The highest BCUT2D eigenvalue weighted by Crippen LogP contribution is 2.21. The minimum absolute atomic E-state index is 0.134. The molecule has 0 fully saturated rings. The van der Waals surface area contributed by atoms with E-state index in [0.29, 0.717) is 5.69 Å². The molecule has 0 aliphatic carbocycles. The second-order valence-corrected chi connectivity index (χ2v) is 7.09. The van der Waals surface area contributed by atoms with Gasteiger partial charge in [-0.25, -0.2) is 8.42 Å². The summed E-state index contributed by atoms with van der Waals surface area (Å²) in [5.74, 6) is -0.224. The highest BCUT2D eigenvalue weighted by atomic mass is 32.2. The molecule has 0 radical (unpaired) electrons. The number of thiophene rings is 1. The van der Waals surface area contributed by atoms with Gasteiger partial charge in [0.15, 0.2) is 9.84 Å². The smallest absolute Gasteiger partial charge is 0.229 e. The fourth-order valence-corrected chi connectivity index (χ4v) is 3.21. The summed E-state index contributed by atoms with van der Waals surface area (Å²) < 4.78 is 23.2. The van der Waals surface area contributed by atoms with Crippen LogP contribution < -0.4 is 5.32 Å². The van der Waals surface area contributed by atoms with E-state index in [9.17, 15) is 13.2 Å². The number of nitrogens with one attached hydrogen (secondary N) is 1. The lowest BCUT2D eigenvalue weighted by Gasteiger charge is -2.09. The summed E-state index contributed by atoms with van der Waals surface area (Å²) >= 11 is 1.49. The van der Waals surface area contributed by atoms with Gasteiger partial charge in [-0.1, -0.05) is 18.2 Å². The van der Waals surface area contributed by atoms with E-state index in [-0.39, 0.29) is 17.2 Å². The summed E-state index contributed by atoms with van der Waals surface area (Å²) in [4.78, 5) is 12.9. The van der Waals surface area contributed by atoms with Crippen molar-refractivity contribution in [2.75, 3.05) is 11.6 Å². The molecule has 19 heavy (non-hydrogen) atoms. The summed E-state index contributed by atoms with van der Waals surface area (Å²) in [6, 6.07) is 10.1. The summed E-state index contributed by atoms with van der Waals surface area (Å²) in [5.41, 5.74) is 0.326. The predicted molar refractivity (Wildman–Crippen MR) is 76.2 cm³/mol. The second-order valence-electron chi connectivity index (χ2n) is 4.07. The zero-order valence-corrected chi connectivity index (χ0v) is 11.9. The molecule has 1 aromatic carbocycles. The first kappa shape index (κ1) is 13.8. The molecular weight excluding hydrogens is 282 g/mol. The first-order valence-electron chi connectivity index (χ1n) is 5.58. The van der Waals surface area contributed by atoms with Crippen molar-refractivity contribution in [2.45, 2.75) is 11.3 Å². The molecule has 2 rings (SSSR count). The molecule has 0 atom stereocenters. The maximum Gasteiger partial charge on any atom is 0.229 e. The van der Waals surface area contributed by atoms with Crippen LogP contribution in [0.5, 0.6) is 0 Å². The van der Waals surface area contributed by atoms with Crippen LogP contribution in [0.2, 0.25) is 0 Å². The van der Waals surface area contributed by atoms with Gasteiger partial charge in [-0.2, -0.15) is 0 Å². The monoisotopic (exact) mass is 295 g/mol. The van der Waals surface area contributed by atoms with Crippen LogP contribution in [0.15, 0.2) is 46.7 Å². The Labute approximate surface area is 116 Å². The molecule has 1 heterocycles. The number of amides is 1. The van der Waals surface area contributed by atoms with Crippen molar-refractivity contribution >= 4 is 32.8 Å². The van der Waals surface area contributed by atoms with Gasteiger partial charge in [0, 0.05) is 11.1 Å². The zero-order chi connectivity index (χ0) is 13.9. The molecule has 6 heteroatoms. The third kappa shape index (κ3) is 3.65. The van der Waals surface area contributed by atoms with Gasteiger partial charge in [0.1, 0.15) is 0 Å². The van der Waals surface area contributed by atoms with Crippen LogP contribution in [0.25, 0.3) is 0 Å². The predicted octanol–water partition coefficient (Wildman–Crippen LogP) is 2.33. The Morgan fingerprint density at radius 1 is 1.21 bits per heavy atom. The summed E-state index contributed by atoms with van der Waals surface area (Å²) in [6.45, 7) is 0. The Kier molecular flexibility index (Phi) is 4.01. The van der Waals surface area contributed by atoms with E-state index in [0.717, 1.165) is 11.1 Å². The number of hydrogen-bond acceptors (Lipinski definition) is 4. The van der Waals surface area contributed by atoms with E-state index in [1.165, 1.54) is 17.4 Å². The van der Waals surface area contributed by atoms with Crippen LogP contribution >= 0.6 is 11.3 Å². The molecule has 0 bridgehead atoms. The quantitative estimate of drug-likeness (QED) is 0.941. The number of hydrogen-bond donors (Lipinski definition) is 1. The van der Waals surface area contributed by atoms with Crippen LogP contribution in [0, 0.1) is 0 Å². The number of benzene rings is 1. The van der Waals surface area contributed by atoms with Gasteiger partial charge in [-0.05, 0) is 23.6 Å². The SMILES string of the molecule is CS(=O)(=O)c1ccccc1NC(=O)Cc1cccs1. The van der Waals surface area contributed by atoms with Crippen molar-refractivity contribution in [3.63, 3.8) is 0 Å². The largest absolute Gasteiger partial charge is 0.325 e. The maximum absolute atomic E-state index is 11.9. The second kappa shape index (κ2) is 5.54. The standard InChI is InChI=1S/C13H13NO3S2/c1-19(16,17)12-7-3-2-6-11(12)14-13(15)9-10-5-4-8-18-10/h2-8H,9H2,1H3,(H,14,15). The lowest BCUT2D eigenvalue weighted by Crippen LogP contribution is -2.16. The van der Waals surface area contributed by atoms with Gasteiger partial charge in [0.2, 0.25) is 5.91 Å². The van der Waals surface area contributed by atoms with Gasteiger partial charge in [-0.3, -0.25) is 4.79 Å². The molecule has 1 amide bonds. The number of para-hydroxylation sites is 1. The highest BCUT2D eigenvalue weighted by molar-refractivity contribution is 7.90. The average molecular weight is 295 g/mol. The maximum atomic E-state index is 11.9. The van der Waals surface area contributed by atoms with Gasteiger partial charge in [-0.15, -0.1) is 11.3 Å². The molecule has 1 aromatic heterocycles. The van der Waals surface area contributed by atoms with Crippen LogP contribution in [-0.4, -0.2) is 20.6 Å². The minimum atomic E-state index is -3.35. The molecule has 4 nitrogen and oxygen atoms in total. The molecule has 0 aliphatic rings. The van der Waals surface area contributed by atoms with Crippen molar-refractivity contribution in [1.82, 2.24) is 0 Å². The summed E-state index contributed by atoms with van der Waals surface area (Å²) in [5, 5.41) is 4.54. The van der Waals surface area contributed by atoms with Crippen molar-refractivity contribution < 1.29 is 13.2 Å². The summed E-state index contributed by atoms with van der Waals surface area (Å²) in [6.07, 6.45) is 1.37. The molecule has 0 saturated carbocycles. The van der Waals surface area contributed by atoms with Crippen molar-refractivity contribution in [3.05, 3.63) is 46.7 Å². The van der Waals surface area contributed by atoms with E-state index in [1.807, 2.05) is 17.5 Å². The topological polar surface area (TPSA) is 63.2 Å². The van der Waals surface area contributed by atoms with Gasteiger partial charge in [0.05, 0.1) is 17.0 Å². The van der Waals surface area contributed by atoms with Gasteiger partial charge in [0.25, 0.3) is 0 Å². The third-order valence-electron chi connectivity index (χ3n) is 2.48.